The molecule has 14 heavy (non-hydrogen) atoms. The average molecular weight is 198 g/mol. The summed E-state index contributed by atoms with van der Waals surface area (Å²) < 4.78 is 0. The minimum Gasteiger partial charge on any atom is -0.315 e. The molecule has 0 spiro atoms. The van der Waals surface area contributed by atoms with E-state index in [0.29, 0.717) is 6.04 Å². The summed E-state index contributed by atoms with van der Waals surface area (Å²) in [6, 6.07) is 0.620. The Balaban J connectivity index is 1.89. The van der Waals surface area contributed by atoms with Gasteiger partial charge in [0, 0.05) is 12.6 Å². The molecule has 0 aromatic carbocycles. The normalized spacial score (nSPS) is 19.7. The first-order chi connectivity index (χ1) is 6.68. The Kier molecular flexibility index (Phi) is 5.49. The van der Waals surface area contributed by atoms with E-state index in [4.69, 9.17) is 0 Å². The van der Waals surface area contributed by atoms with Crippen molar-refractivity contribution in [1.82, 2.24) is 10.6 Å². The van der Waals surface area contributed by atoms with E-state index in [1.807, 2.05) is 0 Å². The number of rotatable bonds is 7. The van der Waals surface area contributed by atoms with Crippen molar-refractivity contribution in [3.05, 3.63) is 0 Å². The fraction of sp³-hybridized carbons (Fsp3) is 1.00. The van der Waals surface area contributed by atoms with Crippen molar-refractivity contribution in [3.8, 4) is 0 Å². The zero-order chi connectivity index (χ0) is 10.4. The van der Waals surface area contributed by atoms with Crippen molar-refractivity contribution >= 4 is 0 Å². The van der Waals surface area contributed by atoms with Crippen molar-refractivity contribution in [3.63, 3.8) is 0 Å². The molecule has 0 heterocycles. The molecule has 1 atom stereocenters. The van der Waals surface area contributed by atoms with Gasteiger partial charge in [-0.3, -0.25) is 0 Å². The first-order valence-corrected chi connectivity index (χ1v) is 6.12. The molecule has 1 rings (SSSR count). The molecule has 1 aliphatic carbocycles. The maximum absolute atomic E-state index is 3.60. The monoisotopic (exact) mass is 198 g/mol. The molecule has 0 amide bonds. The summed E-state index contributed by atoms with van der Waals surface area (Å²) in [4.78, 5) is 0. The van der Waals surface area contributed by atoms with Crippen LogP contribution in [0.4, 0.5) is 0 Å². The van der Waals surface area contributed by atoms with E-state index in [2.05, 4.69) is 31.4 Å². The predicted molar refractivity (Wildman–Crippen MR) is 62.5 cm³/mol. The molecule has 1 saturated carbocycles. The van der Waals surface area contributed by atoms with Crippen LogP contribution >= 0.6 is 0 Å². The quantitative estimate of drug-likeness (QED) is 0.654. The Morgan fingerprint density at radius 1 is 1.14 bits per heavy atom. The van der Waals surface area contributed by atoms with Crippen LogP contribution in [0.3, 0.4) is 0 Å². The van der Waals surface area contributed by atoms with Crippen LogP contribution in [0.25, 0.3) is 0 Å². The van der Waals surface area contributed by atoms with Gasteiger partial charge >= 0.3 is 0 Å². The summed E-state index contributed by atoms with van der Waals surface area (Å²) in [7, 11) is 0. The average Bonchev–Trinajstić information content (AvgIpc) is 2.00. The van der Waals surface area contributed by atoms with E-state index in [1.165, 1.54) is 25.8 Å². The second-order valence-corrected chi connectivity index (χ2v) is 5.16. The van der Waals surface area contributed by atoms with Crippen molar-refractivity contribution < 1.29 is 0 Å². The summed E-state index contributed by atoms with van der Waals surface area (Å²) in [5.41, 5.74) is 0. The minimum atomic E-state index is 0.620. The molecule has 1 fully saturated rings. The molecule has 84 valence electrons. The van der Waals surface area contributed by atoms with Gasteiger partial charge in [0.15, 0.2) is 0 Å². The topological polar surface area (TPSA) is 24.1 Å². The molecule has 1 unspecified atom stereocenters. The lowest BCUT2D eigenvalue weighted by atomic mass is 9.85. The number of hydrogen-bond donors (Lipinski definition) is 2. The molecular formula is C12H26N2. The van der Waals surface area contributed by atoms with Gasteiger partial charge in [0.25, 0.3) is 0 Å². The molecule has 2 N–H and O–H groups in total. The molecule has 0 aliphatic heterocycles. The van der Waals surface area contributed by atoms with Crippen LogP contribution in [0.15, 0.2) is 0 Å². The van der Waals surface area contributed by atoms with Crippen LogP contribution in [0.5, 0.6) is 0 Å². The second kappa shape index (κ2) is 6.41. The summed E-state index contributed by atoms with van der Waals surface area (Å²) in [6.07, 6.45) is 4.34. The zero-order valence-corrected chi connectivity index (χ0v) is 9.97. The fourth-order valence-corrected chi connectivity index (χ4v) is 1.73. The molecule has 0 radical (unpaired) electrons. The van der Waals surface area contributed by atoms with Crippen LogP contribution in [-0.2, 0) is 0 Å². The van der Waals surface area contributed by atoms with Crippen LogP contribution in [0, 0.1) is 11.8 Å². The molecule has 2 heteroatoms. The van der Waals surface area contributed by atoms with Gasteiger partial charge in [0.2, 0.25) is 0 Å². The van der Waals surface area contributed by atoms with Gasteiger partial charge in [-0.05, 0) is 44.7 Å². The minimum absolute atomic E-state index is 0.620. The molecule has 0 aromatic rings. The van der Waals surface area contributed by atoms with Gasteiger partial charge in [0.1, 0.15) is 0 Å². The lowest BCUT2D eigenvalue weighted by Gasteiger charge is -2.27. The molecule has 0 bridgehead atoms. The fourth-order valence-electron chi connectivity index (χ4n) is 1.73. The lowest BCUT2D eigenvalue weighted by Crippen LogP contribution is -2.40. The highest BCUT2D eigenvalue weighted by molar-refractivity contribution is 4.74. The Hall–Kier alpha value is -0.0800. The largest absolute Gasteiger partial charge is 0.315 e. The maximum Gasteiger partial charge on any atom is 0.0164 e. The van der Waals surface area contributed by atoms with E-state index in [9.17, 15) is 0 Å². The molecule has 1 aliphatic rings. The Labute approximate surface area is 88.8 Å². The van der Waals surface area contributed by atoms with E-state index in [1.54, 1.807) is 0 Å². The first-order valence-electron chi connectivity index (χ1n) is 6.12. The zero-order valence-electron chi connectivity index (χ0n) is 9.97. The summed E-state index contributed by atoms with van der Waals surface area (Å²) in [6.45, 7) is 10.2. The van der Waals surface area contributed by atoms with Crippen LogP contribution < -0.4 is 10.6 Å². The van der Waals surface area contributed by atoms with Crippen LogP contribution in [0.1, 0.15) is 40.0 Å². The molecular weight excluding hydrogens is 172 g/mol. The number of hydrogen-bond acceptors (Lipinski definition) is 2. The van der Waals surface area contributed by atoms with E-state index < -0.39 is 0 Å². The van der Waals surface area contributed by atoms with E-state index in [-0.39, 0.29) is 0 Å². The van der Waals surface area contributed by atoms with Gasteiger partial charge < -0.3 is 10.6 Å². The van der Waals surface area contributed by atoms with Crippen molar-refractivity contribution in [2.24, 2.45) is 11.8 Å². The SMILES string of the molecule is CC(C)CNCC(C)NCC1CCC1. The summed E-state index contributed by atoms with van der Waals surface area (Å²) in [5.74, 6) is 1.73. The molecule has 2 nitrogen and oxygen atoms in total. The second-order valence-electron chi connectivity index (χ2n) is 5.16. The van der Waals surface area contributed by atoms with Crippen molar-refractivity contribution in [1.29, 1.82) is 0 Å². The predicted octanol–water partition coefficient (Wildman–Crippen LogP) is 2.01. The highest BCUT2D eigenvalue weighted by Gasteiger charge is 2.17. The van der Waals surface area contributed by atoms with E-state index in [0.717, 1.165) is 24.9 Å². The van der Waals surface area contributed by atoms with Gasteiger partial charge in [-0.2, -0.15) is 0 Å². The van der Waals surface area contributed by atoms with Crippen LogP contribution in [-0.4, -0.2) is 25.7 Å². The standard InChI is InChI=1S/C12H26N2/c1-10(2)7-13-8-11(3)14-9-12-5-4-6-12/h10-14H,4-9H2,1-3H3. The third-order valence-electron chi connectivity index (χ3n) is 2.98. The Morgan fingerprint density at radius 3 is 2.36 bits per heavy atom. The molecule has 0 aromatic heterocycles. The highest BCUT2D eigenvalue weighted by Crippen LogP contribution is 2.25. The lowest BCUT2D eigenvalue weighted by molar-refractivity contribution is 0.289. The summed E-state index contributed by atoms with van der Waals surface area (Å²) >= 11 is 0. The van der Waals surface area contributed by atoms with Crippen molar-refractivity contribution in [2.45, 2.75) is 46.1 Å². The van der Waals surface area contributed by atoms with Gasteiger partial charge in [-0.25, -0.2) is 0 Å². The Morgan fingerprint density at radius 2 is 1.86 bits per heavy atom. The first kappa shape index (κ1) is 12.0. The van der Waals surface area contributed by atoms with Gasteiger partial charge in [-0.1, -0.05) is 20.3 Å². The summed E-state index contributed by atoms with van der Waals surface area (Å²) in [5, 5.41) is 7.08. The number of nitrogens with one attached hydrogen (secondary N) is 2. The molecule has 0 saturated heterocycles. The van der Waals surface area contributed by atoms with Crippen LogP contribution in [0.2, 0.25) is 0 Å². The van der Waals surface area contributed by atoms with Gasteiger partial charge in [-0.15, -0.1) is 0 Å². The van der Waals surface area contributed by atoms with Gasteiger partial charge in [0.05, 0.1) is 0 Å². The van der Waals surface area contributed by atoms with Crippen molar-refractivity contribution in [2.75, 3.05) is 19.6 Å². The third-order valence-corrected chi connectivity index (χ3v) is 2.98. The third kappa shape index (κ3) is 4.97. The Bertz CT molecular complexity index is 141. The highest BCUT2D eigenvalue weighted by atomic mass is 15.0. The maximum atomic E-state index is 3.60. The smallest absolute Gasteiger partial charge is 0.0164 e. The van der Waals surface area contributed by atoms with E-state index >= 15 is 0 Å².